The van der Waals surface area contributed by atoms with Crippen LogP contribution in [0.4, 0.5) is 87.8 Å². The third-order valence-corrected chi connectivity index (χ3v) is 7.77. The van der Waals surface area contributed by atoms with Gasteiger partial charge in [-0.3, -0.25) is 0 Å². The number of hydrogen-bond donors (Lipinski definition) is 0. The van der Waals surface area contributed by atoms with Gasteiger partial charge in [0.1, 0.15) is 83.0 Å². The summed E-state index contributed by atoms with van der Waals surface area (Å²) in [4.78, 5) is 0. The molecule has 23 heteroatoms. The van der Waals surface area contributed by atoms with Gasteiger partial charge in [-0.15, -0.1) is 21.9 Å². The van der Waals surface area contributed by atoms with Gasteiger partial charge in [0.15, 0.2) is 69.8 Å². The third-order valence-electron chi connectivity index (χ3n) is 7.06. The molecule has 0 saturated carbocycles. The fourth-order valence-corrected chi connectivity index (χ4v) is 5.58. The van der Waals surface area contributed by atoms with E-state index < -0.39 is 144 Å². The largest absolute Gasteiger partial charge is 0.207 e. The van der Waals surface area contributed by atoms with Crippen molar-refractivity contribution in [2.45, 2.75) is 6.92 Å². The fourth-order valence-electron chi connectivity index (χ4n) is 5.11. The Labute approximate surface area is 273 Å². The molecular formula is C28H11BF20OS. The summed E-state index contributed by atoms with van der Waals surface area (Å²) < 4.78 is 299. The second-order valence-electron chi connectivity index (χ2n) is 9.95. The summed E-state index contributed by atoms with van der Waals surface area (Å²) >= 11 is 0.184. The van der Waals surface area contributed by atoms with Crippen LogP contribution in [-0.2, 0) is 15.4 Å². The van der Waals surface area contributed by atoms with Crippen molar-refractivity contribution < 1.29 is 92.0 Å². The summed E-state index contributed by atoms with van der Waals surface area (Å²) in [6.45, 7) is 2.85. The van der Waals surface area contributed by atoms with E-state index in [1.165, 1.54) is 0 Å². The average Bonchev–Trinajstić information content (AvgIpc) is 3.08. The minimum absolute atomic E-state index is 0.184. The van der Waals surface area contributed by atoms with Crippen molar-refractivity contribution >= 4 is 39.2 Å². The molecular weight excluding hydrogens is 775 g/mol. The van der Waals surface area contributed by atoms with Crippen molar-refractivity contribution in [1.29, 1.82) is 0 Å². The molecule has 0 bridgehead atoms. The lowest BCUT2D eigenvalue weighted by atomic mass is 9.12. The van der Waals surface area contributed by atoms with Gasteiger partial charge in [0.25, 0.3) is 0 Å². The van der Waals surface area contributed by atoms with Crippen molar-refractivity contribution in [2.24, 2.45) is 0 Å². The van der Waals surface area contributed by atoms with E-state index >= 15 is 35.1 Å². The zero-order valence-electron chi connectivity index (χ0n) is 24.7. The third kappa shape index (κ3) is 6.24. The van der Waals surface area contributed by atoms with E-state index in [1.807, 2.05) is 6.92 Å². The van der Waals surface area contributed by atoms with E-state index in [-0.39, 0.29) is 11.2 Å². The van der Waals surface area contributed by atoms with Crippen LogP contribution in [0.25, 0.3) is 0 Å². The van der Waals surface area contributed by atoms with Crippen molar-refractivity contribution in [1.82, 2.24) is 0 Å². The first-order valence-electron chi connectivity index (χ1n) is 12.9. The molecule has 0 aromatic heterocycles. The van der Waals surface area contributed by atoms with Crippen LogP contribution >= 0.6 is 0 Å². The summed E-state index contributed by atoms with van der Waals surface area (Å²) in [7, 11) is 0. The standard InChI is InChI=1S/C24BF20.C4H11OS/c26-5-1(6(27)14(35)21(42)13(5)34)25(2-7(28)15(36)22(43)16(37)8(2)29,3-9(30)17(38)23(44)18(39)10(3)31)4-11(32)19(40)24(45)20(41)12(4)33;1-4-5-6(2)3/h;4H2,1-3H3/q-1;+1. The highest BCUT2D eigenvalue weighted by Crippen LogP contribution is 2.30. The molecule has 0 N–H and O–H groups in total. The predicted molar refractivity (Wildman–Crippen MR) is 140 cm³/mol. The maximum atomic E-state index is 15.4. The first-order valence-corrected chi connectivity index (χ1v) is 14.9. The minimum Gasteiger partial charge on any atom is -0.207 e. The highest BCUT2D eigenvalue weighted by Gasteiger charge is 2.52. The van der Waals surface area contributed by atoms with Gasteiger partial charge in [-0.05, 0) is 6.92 Å². The molecule has 0 radical (unpaired) electrons. The van der Waals surface area contributed by atoms with Gasteiger partial charge in [-0.2, -0.15) is 4.18 Å². The molecule has 0 aliphatic carbocycles. The van der Waals surface area contributed by atoms with Crippen LogP contribution in [0.2, 0.25) is 0 Å². The number of benzene rings is 4. The topological polar surface area (TPSA) is 9.23 Å². The molecule has 0 atom stereocenters. The summed E-state index contributed by atoms with van der Waals surface area (Å²) in [5.74, 6) is -71.4. The summed E-state index contributed by atoms with van der Waals surface area (Å²) in [5, 5.41) is 0. The molecule has 0 unspecified atom stereocenters. The quantitative estimate of drug-likeness (QED) is 0.0700. The number of hydrogen-bond acceptors (Lipinski definition) is 1. The van der Waals surface area contributed by atoms with E-state index in [0.29, 0.717) is 0 Å². The van der Waals surface area contributed by atoms with Crippen LogP contribution in [0.3, 0.4) is 0 Å². The highest BCUT2D eigenvalue weighted by atomic mass is 32.2. The smallest absolute Gasteiger partial charge is 0.200 e. The second kappa shape index (κ2) is 14.8. The molecule has 0 aliphatic heterocycles. The normalized spacial score (nSPS) is 11.8. The van der Waals surface area contributed by atoms with Crippen LogP contribution in [0.15, 0.2) is 0 Å². The number of halogens is 20. The lowest BCUT2D eigenvalue weighted by Crippen LogP contribution is -2.81. The molecule has 4 aromatic rings. The highest BCUT2D eigenvalue weighted by molar-refractivity contribution is 7.90. The Hall–Kier alpha value is -4.15. The molecule has 0 spiro atoms. The van der Waals surface area contributed by atoms with Crippen LogP contribution in [0.5, 0.6) is 0 Å². The second-order valence-corrected chi connectivity index (χ2v) is 11.7. The molecule has 0 amide bonds. The lowest BCUT2D eigenvalue weighted by molar-refractivity contribution is 0.378. The van der Waals surface area contributed by atoms with Gasteiger partial charge in [0, 0.05) is 0 Å². The molecule has 4 aromatic carbocycles. The van der Waals surface area contributed by atoms with Crippen molar-refractivity contribution in [3.63, 3.8) is 0 Å². The molecule has 4 rings (SSSR count). The van der Waals surface area contributed by atoms with Crippen molar-refractivity contribution in [3.8, 4) is 0 Å². The van der Waals surface area contributed by atoms with Gasteiger partial charge in [0.05, 0.1) is 0 Å². The molecule has 0 heterocycles. The Morgan fingerprint density at radius 1 is 0.314 bits per heavy atom. The Bertz CT molecular complexity index is 1670. The lowest BCUT2D eigenvalue weighted by Gasteiger charge is -2.44. The van der Waals surface area contributed by atoms with Crippen LogP contribution in [-0.4, -0.2) is 25.3 Å². The van der Waals surface area contributed by atoms with Gasteiger partial charge in [0.2, 0.25) is 0 Å². The Kier molecular flexibility index (Phi) is 12.0. The average molecular weight is 786 g/mol. The Morgan fingerprint density at radius 2 is 0.451 bits per heavy atom. The predicted octanol–water partition coefficient (Wildman–Crippen LogP) is 6.66. The zero-order valence-corrected chi connectivity index (χ0v) is 25.5. The number of rotatable bonds is 6. The zero-order chi connectivity index (χ0) is 39.3. The monoisotopic (exact) mass is 786 g/mol. The molecule has 51 heavy (non-hydrogen) atoms. The van der Waals surface area contributed by atoms with E-state index in [2.05, 4.69) is 12.5 Å². The van der Waals surface area contributed by atoms with Gasteiger partial charge in [-0.1, -0.05) is 0 Å². The SMILES string of the molecule is CCO[S+](C)C.Fc1c(F)c(F)c([B-](c2c(F)c(F)c(F)c(F)c2F)(c2c(F)c(F)c(F)c(F)c2F)c2c(F)c(F)c(F)c(F)c2F)c(F)c1F. The Morgan fingerprint density at radius 3 is 0.549 bits per heavy atom. The van der Waals surface area contributed by atoms with Crippen LogP contribution in [0, 0.1) is 116 Å². The van der Waals surface area contributed by atoms with E-state index in [9.17, 15) is 52.7 Å². The molecule has 0 saturated heterocycles. The maximum Gasteiger partial charge on any atom is 0.200 e. The first-order chi connectivity index (χ1) is 23.5. The van der Waals surface area contributed by atoms with E-state index in [1.54, 1.807) is 0 Å². The first kappa shape index (κ1) is 41.3. The van der Waals surface area contributed by atoms with E-state index in [4.69, 9.17) is 4.18 Å². The fraction of sp³-hybridized carbons (Fsp3) is 0.143. The summed E-state index contributed by atoms with van der Waals surface area (Å²) in [6, 6.07) is 0. The maximum absolute atomic E-state index is 15.4. The van der Waals surface area contributed by atoms with Gasteiger partial charge in [-0.25, -0.2) is 87.8 Å². The van der Waals surface area contributed by atoms with Crippen molar-refractivity contribution in [2.75, 3.05) is 19.1 Å². The van der Waals surface area contributed by atoms with E-state index in [0.717, 1.165) is 6.61 Å². The molecule has 1 nitrogen and oxygen atoms in total. The van der Waals surface area contributed by atoms with Crippen LogP contribution in [0.1, 0.15) is 6.92 Å². The van der Waals surface area contributed by atoms with Crippen LogP contribution < -0.4 is 21.9 Å². The van der Waals surface area contributed by atoms with Gasteiger partial charge >= 0.3 is 0 Å². The molecule has 278 valence electrons. The Balaban J connectivity index is 0.00000107. The summed E-state index contributed by atoms with van der Waals surface area (Å²) in [5.41, 5.74) is -14.3. The van der Waals surface area contributed by atoms with Crippen molar-refractivity contribution in [3.05, 3.63) is 116 Å². The van der Waals surface area contributed by atoms with Gasteiger partial charge < -0.3 is 0 Å². The molecule has 0 aliphatic rings. The minimum atomic E-state index is -7.22. The summed E-state index contributed by atoms with van der Waals surface area (Å²) in [6.07, 6.45) is -3.10. The molecule has 0 fully saturated rings.